The third kappa shape index (κ3) is 3.85. The second-order valence-electron chi connectivity index (χ2n) is 5.79. The number of nitrogens with zero attached hydrogens (tertiary/aromatic N) is 3. The quantitative estimate of drug-likeness (QED) is 0.730. The molecule has 5 nitrogen and oxygen atoms in total. The van der Waals surface area contributed by atoms with Crippen LogP contribution in [0.1, 0.15) is 18.2 Å². The molecule has 1 atom stereocenters. The van der Waals surface area contributed by atoms with Crippen LogP contribution < -0.4 is 5.32 Å². The minimum Gasteiger partial charge on any atom is -0.384 e. The number of thiazole rings is 1. The molecule has 23 heavy (non-hydrogen) atoms. The summed E-state index contributed by atoms with van der Waals surface area (Å²) in [7, 11) is 1.84. The molecule has 0 spiro atoms. The van der Waals surface area contributed by atoms with Gasteiger partial charge in [-0.1, -0.05) is 30.3 Å². The molecule has 1 unspecified atom stereocenters. The smallest absolute Gasteiger partial charge is 0.123 e. The molecule has 2 aromatic heterocycles. The van der Waals surface area contributed by atoms with Crippen molar-refractivity contribution in [2.24, 2.45) is 7.05 Å². The number of nitrogens with one attached hydrogen (secondary N) is 1. The molecule has 0 bridgehead atoms. The molecule has 6 heteroatoms. The van der Waals surface area contributed by atoms with Crippen LogP contribution in [-0.2, 0) is 19.2 Å². The summed E-state index contributed by atoms with van der Waals surface area (Å²) < 4.78 is 1.69. The topological polar surface area (TPSA) is 63.0 Å². The molecule has 0 saturated heterocycles. The first-order valence-corrected chi connectivity index (χ1v) is 8.34. The number of aromatic nitrogens is 3. The summed E-state index contributed by atoms with van der Waals surface area (Å²) in [5.41, 5.74) is 1.96. The Bertz CT molecular complexity index is 764. The summed E-state index contributed by atoms with van der Waals surface area (Å²) >= 11 is 1.63. The first-order valence-electron chi connectivity index (χ1n) is 7.47. The van der Waals surface area contributed by atoms with Crippen LogP contribution in [0.25, 0.3) is 10.6 Å². The van der Waals surface area contributed by atoms with Gasteiger partial charge in [0.05, 0.1) is 11.9 Å². The van der Waals surface area contributed by atoms with Crippen LogP contribution in [0, 0.1) is 0 Å². The Balaban J connectivity index is 1.58. The van der Waals surface area contributed by atoms with Gasteiger partial charge in [0, 0.05) is 42.8 Å². The molecule has 120 valence electrons. The first kappa shape index (κ1) is 15.9. The monoisotopic (exact) mass is 328 g/mol. The summed E-state index contributed by atoms with van der Waals surface area (Å²) in [5, 5.41) is 21.0. The highest BCUT2D eigenvalue weighted by Crippen LogP contribution is 2.23. The van der Waals surface area contributed by atoms with E-state index in [1.165, 1.54) is 0 Å². The lowest BCUT2D eigenvalue weighted by Crippen LogP contribution is -2.34. The van der Waals surface area contributed by atoms with Gasteiger partial charge >= 0.3 is 0 Å². The van der Waals surface area contributed by atoms with E-state index in [0.29, 0.717) is 13.1 Å². The van der Waals surface area contributed by atoms with E-state index >= 15 is 0 Å². The predicted octanol–water partition coefficient (Wildman–Crippen LogP) is 2.54. The van der Waals surface area contributed by atoms with Crippen molar-refractivity contribution in [1.29, 1.82) is 0 Å². The predicted molar refractivity (Wildman–Crippen MR) is 92.0 cm³/mol. The van der Waals surface area contributed by atoms with Gasteiger partial charge < -0.3 is 10.4 Å². The maximum absolute atomic E-state index is 10.5. The molecule has 1 aromatic carbocycles. The van der Waals surface area contributed by atoms with Crippen LogP contribution in [0.4, 0.5) is 0 Å². The molecule has 0 saturated carbocycles. The van der Waals surface area contributed by atoms with Gasteiger partial charge in [-0.3, -0.25) is 4.68 Å². The van der Waals surface area contributed by atoms with Gasteiger partial charge in [-0.25, -0.2) is 4.98 Å². The molecule has 0 amide bonds. The van der Waals surface area contributed by atoms with E-state index in [4.69, 9.17) is 0 Å². The van der Waals surface area contributed by atoms with Gasteiger partial charge in [-0.15, -0.1) is 11.3 Å². The Morgan fingerprint density at radius 2 is 2.09 bits per heavy atom. The average molecular weight is 328 g/mol. The molecule has 0 fully saturated rings. The molecule has 2 heterocycles. The highest BCUT2D eigenvalue weighted by molar-refractivity contribution is 7.13. The largest absolute Gasteiger partial charge is 0.384 e. The van der Waals surface area contributed by atoms with Crippen molar-refractivity contribution in [3.05, 3.63) is 59.4 Å². The second kappa shape index (κ2) is 6.62. The van der Waals surface area contributed by atoms with Crippen LogP contribution in [0.3, 0.4) is 0 Å². The summed E-state index contributed by atoms with van der Waals surface area (Å²) in [4.78, 5) is 4.63. The van der Waals surface area contributed by atoms with Crippen molar-refractivity contribution < 1.29 is 5.11 Å². The fourth-order valence-corrected chi connectivity index (χ4v) is 3.16. The minimum atomic E-state index is -0.952. The van der Waals surface area contributed by atoms with E-state index in [9.17, 15) is 5.11 Å². The molecule has 0 aliphatic carbocycles. The van der Waals surface area contributed by atoms with Crippen LogP contribution in [0.15, 0.2) is 48.1 Å². The Morgan fingerprint density at radius 1 is 1.30 bits per heavy atom. The molecule has 3 rings (SSSR count). The Labute approximate surface area is 139 Å². The van der Waals surface area contributed by atoms with Gasteiger partial charge in [-0.05, 0) is 6.92 Å². The number of rotatable bonds is 6. The van der Waals surface area contributed by atoms with Gasteiger partial charge in [0.15, 0.2) is 0 Å². The number of hydrogen-bond donors (Lipinski definition) is 2. The lowest BCUT2D eigenvalue weighted by atomic mass is 10.00. The van der Waals surface area contributed by atoms with E-state index in [1.807, 2.05) is 36.8 Å². The minimum absolute atomic E-state index is 0.441. The molecule has 0 radical (unpaired) electrons. The first-order chi connectivity index (χ1) is 11.0. The second-order valence-corrected chi connectivity index (χ2v) is 6.65. The normalized spacial score (nSPS) is 13.9. The molecular formula is C17H20N4OS. The molecule has 3 aromatic rings. The summed E-state index contributed by atoms with van der Waals surface area (Å²) in [6.45, 7) is 2.85. The zero-order valence-electron chi connectivity index (χ0n) is 13.2. The summed E-state index contributed by atoms with van der Waals surface area (Å²) in [6, 6.07) is 10.1. The van der Waals surface area contributed by atoms with Gasteiger partial charge in [0.1, 0.15) is 10.6 Å². The number of aryl methyl sites for hydroxylation is 1. The van der Waals surface area contributed by atoms with Crippen molar-refractivity contribution in [1.82, 2.24) is 20.1 Å². The Kier molecular flexibility index (Phi) is 4.56. The third-order valence-electron chi connectivity index (χ3n) is 3.67. The fraction of sp³-hybridized carbons (Fsp3) is 0.294. The van der Waals surface area contributed by atoms with E-state index < -0.39 is 5.60 Å². The summed E-state index contributed by atoms with van der Waals surface area (Å²) in [6.07, 6.45) is 3.52. The maximum atomic E-state index is 10.5. The lowest BCUT2D eigenvalue weighted by Gasteiger charge is -2.22. The van der Waals surface area contributed by atoms with E-state index in [2.05, 4.69) is 27.5 Å². The van der Waals surface area contributed by atoms with Crippen molar-refractivity contribution in [3.8, 4) is 10.6 Å². The van der Waals surface area contributed by atoms with Gasteiger partial charge in [0.2, 0.25) is 0 Å². The number of benzene rings is 1. The van der Waals surface area contributed by atoms with Crippen molar-refractivity contribution in [2.45, 2.75) is 19.1 Å². The van der Waals surface area contributed by atoms with E-state index in [-0.39, 0.29) is 0 Å². The number of hydrogen-bond acceptors (Lipinski definition) is 5. The zero-order valence-corrected chi connectivity index (χ0v) is 14.0. The lowest BCUT2D eigenvalue weighted by molar-refractivity contribution is 0.0565. The highest BCUT2D eigenvalue weighted by Gasteiger charge is 2.24. The molecular weight excluding hydrogens is 308 g/mol. The van der Waals surface area contributed by atoms with Crippen LogP contribution in [0.5, 0.6) is 0 Å². The summed E-state index contributed by atoms with van der Waals surface area (Å²) in [5.74, 6) is 0. The van der Waals surface area contributed by atoms with E-state index in [0.717, 1.165) is 21.8 Å². The standard InChI is InChI=1S/C17H20N4OS/c1-17(22,14-8-19-21(2)10-14)12-18-9-15-11-23-16(20-15)13-6-4-3-5-7-13/h3-8,10-11,18,22H,9,12H2,1-2H3. The van der Waals surface area contributed by atoms with Crippen molar-refractivity contribution in [2.75, 3.05) is 6.54 Å². The highest BCUT2D eigenvalue weighted by atomic mass is 32.1. The van der Waals surface area contributed by atoms with Gasteiger partial charge in [-0.2, -0.15) is 5.10 Å². The van der Waals surface area contributed by atoms with Gasteiger partial charge in [0.25, 0.3) is 0 Å². The SMILES string of the molecule is Cn1cc(C(C)(O)CNCc2csc(-c3ccccc3)n2)cn1. The Hall–Kier alpha value is -2.02. The third-order valence-corrected chi connectivity index (χ3v) is 4.61. The maximum Gasteiger partial charge on any atom is 0.123 e. The van der Waals surface area contributed by atoms with Crippen molar-refractivity contribution >= 4 is 11.3 Å². The van der Waals surface area contributed by atoms with Crippen LogP contribution in [0.2, 0.25) is 0 Å². The van der Waals surface area contributed by atoms with Crippen LogP contribution in [-0.4, -0.2) is 26.4 Å². The molecule has 0 aliphatic heterocycles. The van der Waals surface area contributed by atoms with E-state index in [1.54, 1.807) is 29.1 Å². The van der Waals surface area contributed by atoms with Crippen LogP contribution >= 0.6 is 11.3 Å². The van der Waals surface area contributed by atoms with Crippen molar-refractivity contribution in [3.63, 3.8) is 0 Å². The Morgan fingerprint density at radius 3 is 2.78 bits per heavy atom. The number of aliphatic hydroxyl groups is 1. The zero-order chi connectivity index (χ0) is 16.3. The average Bonchev–Trinajstić information content (AvgIpc) is 3.17. The molecule has 2 N–H and O–H groups in total. The molecule has 0 aliphatic rings. The fourth-order valence-electron chi connectivity index (χ4n) is 2.34.